The predicted octanol–water partition coefficient (Wildman–Crippen LogP) is 2.44. The van der Waals surface area contributed by atoms with Gasteiger partial charge in [0.25, 0.3) is 0 Å². The Labute approximate surface area is 220 Å². The first-order chi connectivity index (χ1) is 18.4. The van der Waals surface area contributed by atoms with Crippen molar-refractivity contribution in [1.82, 2.24) is 29.3 Å². The van der Waals surface area contributed by atoms with Crippen LogP contribution in [0.3, 0.4) is 0 Å². The van der Waals surface area contributed by atoms with E-state index in [1.807, 2.05) is 22.9 Å². The molecule has 5 rings (SSSR count). The molecular weight excluding hydrogens is 489 g/mol. The lowest BCUT2D eigenvalue weighted by atomic mass is 9.93. The average molecular weight is 522 g/mol. The summed E-state index contributed by atoms with van der Waals surface area (Å²) in [6.07, 6.45) is 4.30. The number of carbonyl (C=O) groups excluding carboxylic acids is 1. The van der Waals surface area contributed by atoms with Gasteiger partial charge in [0.15, 0.2) is 5.65 Å². The van der Waals surface area contributed by atoms with Crippen LogP contribution < -0.4 is 4.74 Å². The molecule has 2 saturated heterocycles. The first-order valence-corrected chi connectivity index (χ1v) is 13.0. The van der Waals surface area contributed by atoms with E-state index in [1.165, 1.54) is 0 Å². The molecule has 3 aromatic rings. The number of fused-ring (bicyclic) bond motifs is 1. The summed E-state index contributed by atoms with van der Waals surface area (Å²) in [7, 11) is 3.68. The minimum Gasteiger partial charge on any atom is -0.493 e. The molecule has 2 atom stereocenters. The van der Waals surface area contributed by atoms with Gasteiger partial charge >= 0.3 is 0 Å². The fraction of sp³-hybridized carbons (Fsp3) is 0.519. The number of hydrogen-bond acceptors (Lipinski definition) is 8. The second kappa shape index (κ2) is 11.0. The van der Waals surface area contributed by atoms with E-state index in [9.17, 15) is 19.6 Å². The number of β-amino-alcohol motifs (C(OH)–C–C–N with tert-alkyl or cyclic N) is 1. The first kappa shape index (κ1) is 26.0. The molecular formula is C27H32FN7O3. The number of piperidine rings is 1. The number of amides is 1. The van der Waals surface area contributed by atoms with Crippen molar-refractivity contribution in [2.75, 3.05) is 33.3 Å². The van der Waals surface area contributed by atoms with E-state index < -0.39 is 12.8 Å². The highest BCUT2D eigenvalue weighted by Gasteiger charge is 2.37. The van der Waals surface area contributed by atoms with E-state index in [4.69, 9.17) is 4.74 Å². The lowest BCUT2D eigenvalue weighted by Gasteiger charge is -2.34. The van der Waals surface area contributed by atoms with Crippen molar-refractivity contribution in [3.63, 3.8) is 0 Å². The molecule has 2 fully saturated rings. The van der Waals surface area contributed by atoms with E-state index in [-0.39, 0.29) is 17.8 Å². The number of nitrogens with zero attached hydrogens (tertiary/aromatic N) is 7. The van der Waals surface area contributed by atoms with Gasteiger partial charge in [-0.3, -0.25) is 9.69 Å². The molecule has 0 saturated carbocycles. The fourth-order valence-electron chi connectivity index (χ4n) is 5.48. The molecule has 0 spiro atoms. The second-order valence-corrected chi connectivity index (χ2v) is 10.2. The van der Waals surface area contributed by atoms with Crippen molar-refractivity contribution < 1.29 is 19.0 Å². The van der Waals surface area contributed by atoms with Crippen LogP contribution in [0.15, 0.2) is 24.5 Å². The van der Waals surface area contributed by atoms with E-state index >= 15 is 0 Å². The summed E-state index contributed by atoms with van der Waals surface area (Å²) in [5.41, 5.74) is 2.62. The number of alkyl halides is 1. The summed E-state index contributed by atoms with van der Waals surface area (Å²) in [4.78, 5) is 29.6. The molecule has 2 aliphatic rings. The number of carbonyl (C=O) groups is 1. The number of aliphatic hydroxyl groups is 1. The van der Waals surface area contributed by atoms with Gasteiger partial charge in [0.05, 0.1) is 25.1 Å². The predicted molar refractivity (Wildman–Crippen MR) is 138 cm³/mol. The Hall–Kier alpha value is -3.62. The minimum atomic E-state index is -0.699. The number of aryl methyl sites for hydroxylation is 1. The van der Waals surface area contributed by atoms with Crippen molar-refractivity contribution in [3.05, 3.63) is 35.9 Å². The molecule has 0 radical (unpaired) electrons. The number of likely N-dealkylation sites (tertiary alicyclic amines) is 2. The number of imidazole rings is 1. The molecule has 2 aromatic heterocycles. The summed E-state index contributed by atoms with van der Waals surface area (Å²) < 4.78 is 21.7. The molecule has 1 N–H and O–H groups in total. The third kappa shape index (κ3) is 5.19. The number of benzene rings is 1. The maximum Gasteiger partial charge on any atom is 0.240 e. The molecule has 11 heteroatoms. The van der Waals surface area contributed by atoms with Gasteiger partial charge in [-0.05, 0) is 56.8 Å². The Morgan fingerprint density at radius 2 is 2.05 bits per heavy atom. The molecule has 0 aliphatic carbocycles. The van der Waals surface area contributed by atoms with Crippen LogP contribution in [-0.2, 0) is 18.5 Å². The molecule has 4 heterocycles. The minimum absolute atomic E-state index is 0.0267. The van der Waals surface area contributed by atoms with Crippen LogP contribution in [0.1, 0.15) is 37.1 Å². The van der Waals surface area contributed by atoms with Crippen LogP contribution in [0.25, 0.3) is 22.4 Å². The molecule has 2 aliphatic heterocycles. The standard InChI is InChI=1S/C27H32FN7O3/c1-33-15-20(36)12-21(33)27(37)35-8-5-17(6-9-35)7-10-38-22-4-3-18(11-19(22)13-28)24-25-26(34(2)16-30-25)32-23(14-29)31-24/h3-4,11,16-17,20-21,36H,5-10,12-13,15H2,1-2H3/t20-,21-/m0/s1. The van der Waals surface area contributed by atoms with Crippen LogP contribution in [0.5, 0.6) is 5.75 Å². The number of rotatable bonds is 7. The van der Waals surface area contributed by atoms with E-state index in [1.54, 1.807) is 36.1 Å². The normalized spacial score (nSPS) is 20.7. The molecule has 1 aromatic carbocycles. The highest BCUT2D eigenvalue weighted by Crippen LogP contribution is 2.31. The smallest absolute Gasteiger partial charge is 0.240 e. The van der Waals surface area contributed by atoms with Gasteiger partial charge in [0, 0.05) is 37.8 Å². The zero-order valence-corrected chi connectivity index (χ0v) is 21.7. The first-order valence-electron chi connectivity index (χ1n) is 13.0. The summed E-state index contributed by atoms with van der Waals surface area (Å²) >= 11 is 0. The third-order valence-electron chi connectivity index (χ3n) is 7.66. The van der Waals surface area contributed by atoms with Gasteiger partial charge in [0.2, 0.25) is 11.7 Å². The number of likely N-dealkylation sites (N-methyl/N-ethyl adjacent to an activating group) is 1. The van der Waals surface area contributed by atoms with Gasteiger partial charge < -0.3 is 19.3 Å². The Balaban J connectivity index is 1.19. The zero-order chi connectivity index (χ0) is 26.8. The number of ether oxygens (including phenoxy) is 1. The van der Waals surface area contributed by atoms with Gasteiger partial charge in [-0.1, -0.05) is 0 Å². The van der Waals surface area contributed by atoms with Crippen molar-refractivity contribution in [1.29, 1.82) is 5.26 Å². The Bertz CT molecular complexity index is 1360. The zero-order valence-electron chi connectivity index (χ0n) is 21.7. The summed E-state index contributed by atoms with van der Waals surface area (Å²) in [5.74, 6) is 1.05. The highest BCUT2D eigenvalue weighted by atomic mass is 19.1. The van der Waals surface area contributed by atoms with Gasteiger partial charge in [-0.15, -0.1) is 0 Å². The molecule has 0 bridgehead atoms. The number of nitriles is 1. The van der Waals surface area contributed by atoms with Crippen molar-refractivity contribution in [3.8, 4) is 23.1 Å². The Morgan fingerprint density at radius 3 is 2.74 bits per heavy atom. The van der Waals surface area contributed by atoms with Crippen LogP contribution in [0.4, 0.5) is 4.39 Å². The highest BCUT2D eigenvalue weighted by molar-refractivity contribution is 5.88. The van der Waals surface area contributed by atoms with E-state index in [0.29, 0.717) is 72.3 Å². The van der Waals surface area contributed by atoms with Gasteiger partial charge in [-0.2, -0.15) is 10.2 Å². The largest absolute Gasteiger partial charge is 0.493 e. The van der Waals surface area contributed by atoms with Gasteiger partial charge in [-0.25, -0.2) is 14.4 Å². The van der Waals surface area contributed by atoms with Crippen LogP contribution >= 0.6 is 0 Å². The second-order valence-electron chi connectivity index (χ2n) is 10.2. The van der Waals surface area contributed by atoms with E-state index in [2.05, 4.69) is 15.0 Å². The molecule has 10 nitrogen and oxygen atoms in total. The maximum absolute atomic E-state index is 14.0. The monoisotopic (exact) mass is 521 g/mol. The Morgan fingerprint density at radius 1 is 1.26 bits per heavy atom. The Kier molecular flexibility index (Phi) is 7.53. The van der Waals surface area contributed by atoms with E-state index in [0.717, 1.165) is 19.3 Å². The number of halogens is 1. The van der Waals surface area contributed by atoms with Crippen LogP contribution in [0, 0.1) is 17.2 Å². The van der Waals surface area contributed by atoms with Gasteiger partial charge in [0.1, 0.15) is 29.7 Å². The SMILES string of the molecule is CN1C[C@@H](O)C[C@H]1C(=O)N1CCC(CCOc2ccc(-c3nc(C#N)nc4c3ncn4C)cc2CF)CC1. The molecule has 0 unspecified atom stereocenters. The van der Waals surface area contributed by atoms with Crippen molar-refractivity contribution in [2.45, 2.75) is 44.5 Å². The molecule has 200 valence electrons. The lowest BCUT2D eigenvalue weighted by Crippen LogP contribution is -2.47. The maximum atomic E-state index is 14.0. The molecule has 1 amide bonds. The topological polar surface area (TPSA) is 120 Å². The van der Waals surface area contributed by atoms with Crippen molar-refractivity contribution >= 4 is 17.1 Å². The van der Waals surface area contributed by atoms with Crippen molar-refractivity contribution in [2.24, 2.45) is 13.0 Å². The van der Waals surface area contributed by atoms with Crippen LogP contribution in [-0.4, -0.2) is 85.8 Å². The summed E-state index contributed by atoms with van der Waals surface area (Å²) in [6, 6.07) is 6.97. The molecule has 38 heavy (non-hydrogen) atoms. The number of aliphatic hydroxyl groups excluding tert-OH is 1. The summed E-state index contributed by atoms with van der Waals surface area (Å²) in [6.45, 7) is 1.72. The third-order valence-corrected chi connectivity index (χ3v) is 7.66. The quantitative estimate of drug-likeness (QED) is 0.503. The van der Waals surface area contributed by atoms with Crippen LogP contribution in [0.2, 0.25) is 0 Å². The number of hydrogen-bond donors (Lipinski definition) is 1. The fourth-order valence-corrected chi connectivity index (χ4v) is 5.48. The average Bonchev–Trinajstić information content (AvgIpc) is 3.48. The lowest BCUT2D eigenvalue weighted by molar-refractivity contribution is -0.137. The number of aromatic nitrogens is 4. The summed E-state index contributed by atoms with van der Waals surface area (Å²) in [5, 5.41) is 19.2.